The molecule has 0 aromatic heterocycles. The Morgan fingerprint density at radius 1 is 1.29 bits per heavy atom. The lowest BCUT2D eigenvalue weighted by atomic mass is 9.71. The Morgan fingerprint density at radius 2 is 1.88 bits per heavy atom. The highest BCUT2D eigenvalue weighted by molar-refractivity contribution is 9.11. The summed E-state index contributed by atoms with van der Waals surface area (Å²) in [5.41, 5.74) is -0.851. The Hall–Kier alpha value is -0.840. The molecule has 0 spiro atoms. The minimum absolute atomic E-state index is 0.0720. The Balaban J connectivity index is 2.57. The molecule has 0 radical (unpaired) electrons. The monoisotopic (exact) mass is 303 g/mol. The molecule has 1 saturated carbocycles. The second-order valence-electron chi connectivity index (χ2n) is 4.62. The molecular weight excluding hydrogens is 286 g/mol. The number of aliphatic carboxylic acids is 1. The summed E-state index contributed by atoms with van der Waals surface area (Å²) in [4.78, 5) is 23.0. The third-order valence-electron chi connectivity index (χ3n) is 3.24. The molecule has 0 unspecified atom stereocenters. The first-order chi connectivity index (χ1) is 7.96. The normalized spacial score (nSPS) is 18.4. The van der Waals surface area contributed by atoms with E-state index in [0.717, 1.165) is 19.3 Å². The Kier molecular flexibility index (Phi) is 5.18. The fourth-order valence-corrected chi connectivity index (χ4v) is 2.40. The van der Waals surface area contributed by atoms with Gasteiger partial charge < -0.3 is 10.4 Å². The lowest BCUT2D eigenvalue weighted by molar-refractivity contribution is -0.154. The molecule has 0 aromatic rings. The highest BCUT2D eigenvalue weighted by Gasteiger charge is 2.41. The van der Waals surface area contributed by atoms with E-state index in [1.165, 1.54) is 0 Å². The van der Waals surface area contributed by atoms with Crippen LogP contribution in [0.15, 0.2) is 11.1 Å². The first-order valence-electron chi connectivity index (χ1n) is 5.80. The molecule has 0 bridgehead atoms. The van der Waals surface area contributed by atoms with Gasteiger partial charge in [-0.3, -0.25) is 9.59 Å². The molecule has 1 fully saturated rings. The van der Waals surface area contributed by atoms with Crippen LogP contribution < -0.4 is 5.32 Å². The van der Waals surface area contributed by atoms with Crippen LogP contribution in [0.1, 0.15) is 38.5 Å². The molecule has 4 nitrogen and oxygen atoms in total. The zero-order chi connectivity index (χ0) is 12.9. The van der Waals surface area contributed by atoms with E-state index in [2.05, 4.69) is 27.8 Å². The highest BCUT2D eigenvalue weighted by Crippen LogP contribution is 2.39. The van der Waals surface area contributed by atoms with Crippen LogP contribution in [-0.4, -0.2) is 23.5 Å². The van der Waals surface area contributed by atoms with E-state index in [1.807, 2.05) is 0 Å². The summed E-state index contributed by atoms with van der Waals surface area (Å²) in [6.07, 6.45) is 4.13. The van der Waals surface area contributed by atoms with E-state index >= 15 is 0 Å². The average Bonchev–Trinajstić information content (AvgIpc) is 2.27. The van der Waals surface area contributed by atoms with Crippen molar-refractivity contribution in [3.8, 4) is 0 Å². The third-order valence-corrected chi connectivity index (χ3v) is 3.52. The van der Waals surface area contributed by atoms with Crippen molar-refractivity contribution >= 4 is 27.8 Å². The number of hydrogen-bond donors (Lipinski definition) is 2. The molecule has 17 heavy (non-hydrogen) atoms. The number of hydrogen-bond acceptors (Lipinski definition) is 2. The summed E-state index contributed by atoms with van der Waals surface area (Å²) in [6.45, 7) is 3.95. The van der Waals surface area contributed by atoms with Gasteiger partial charge in [-0.15, -0.1) is 0 Å². The van der Waals surface area contributed by atoms with Crippen molar-refractivity contribution in [2.45, 2.75) is 38.5 Å². The van der Waals surface area contributed by atoms with Crippen LogP contribution in [0.3, 0.4) is 0 Å². The Morgan fingerprint density at radius 3 is 2.35 bits per heavy atom. The number of carbonyl (C=O) groups is 2. The van der Waals surface area contributed by atoms with Crippen LogP contribution in [0.2, 0.25) is 0 Å². The van der Waals surface area contributed by atoms with Gasteiger partial charge in [0.05, 0.1) is 5.41 Å². The van der Waals surface area contributed by atoms with Crippen molar-refractivity contribution in [1.82, 2.24) is 5.32 Å². The van der Waals surface area contributed by atoms with Crippen LogP contribution >= 0.6 is 15.9 Å². The topological polar surface area (TPSA) is 66.4 Å². The third kappa shape index (κ3) is 4.15. The van der Waals surface area contributed by atoms with Gasteiger partial charge in [-0.1, -0.05) is 41.8 Å². The molecule has 96 valence electrons. The number of carbonyl (C=O) groups excluding carboxylic acids is 1. The van der Waals surface area contributed by atoms with Gasteiger partial charge in [-0.25, -0.2) is 0 Å². The lowest BCUT2D eigenvalue weighted by Crippen LogP contribution is -2.39. The van der Waals surface area contributed by atoms with Gasteiger partial charge in [-0.2, -0.15) is 0 Å². The van der Waals surface area contributed by atoms with Crippen LogP contribution in [0.25, 0.3) is 0 Å². The van der Waals surface area contributed by atoms with Crippen LogP contribution in [0.4, 0.5) is 0 Å². The summed E-state index contributed by atoms with van der Waals surface area (Å²) < 4.78 is 0.680. The quantitative estimate of drug-likeness (QED) is 0.820. The van der Waals surface area contributed by atoms with Crippen molar-refractivity contribution in [2.75, 3.05) is 6.54 Å². The van der Waals surface area contributed by atoms with E-state index < -0.39 is 11.4 Å². The molecule has 5 heteroatoms. The van der Waals surface area contributed by atoms with E-state index in [-0.39, 0.29) is 12.3 Å². The summed E-state index contributed by atoms with van der Waals surface area (Å²) >= 11 is 3.14. The van der Waals surface area contributed by atoms with Gasteiger partial charge in [0.25, 0.3) is 0 Å². The molecule has 0 aliphatic heterocycles. The summed E-state index contributed by atoms with van der Waals surface area (Å²) in [6, 6.07) is 0. The minimum atomic E-state index is -0.851. The first kappa shape index (κ1) is 14.2. The number of nitrogens with one attached hydrogen (secondary N) is 1. The standard InChI is InChI=1S/C12H18BrNO3/c1-9(13)8-14-10(15)7-12(11(16)17)5-3-2-4-6-12/h1-8H2,(H,14,15)(H,16,17). The van der Waals surface area contributed by atoms with Gasteiger partial charge in [0, 0.05) is 17.4 Å². The SMILES string of the molecule is C=C(Br)CNC(=O)CC1(C(=O)O)CCCCC1. The second-order valence-corrected chi connectivity index (χ2v) is 5.74. The first-order valence-corrected chi connectivity index (χ1v) is 6.59. The number of carboxylic acids is 1. The van der Waals surface area contributed by atoms with Crippen molar-refractivity contribution in [1.29, 1.82) is 0 Å². The zero-order valence-corrected chi connectivity index (χ0v) is 11.4. The average molecular weight is 304 g/mol. The van der Waals surface area contributed by atoms with E-state index in [0.29, 0.717) is 23.9 Å². The number of amides is 1. The van der Waals surface area contributed by atoms with Gasteiger partial charge in [-0.05, 0) is 12.8 Å². The number of halogens is 1. The predicted octanol–water partition coefficient (Wildman–Crippen LogP) is 2.44. The number of rotatable bonds is 5. The molecule has 1 rings (SSSR count). The summed E-state index contributed by atoms with van der Waals surface area (Å²) in [7, 11) is 0. The molecule has 1 amide bonds. The summed E-state index contributed by atoms with van der Waals surface area (Å²) in [5.74, 6) is -1.06. The molecule has 0 atom stereocenters. The van der Waals surface area contributed by atoms with Crippen molar-refractivity contribution in [3.63, 3.8) is 0 Å². The maximum atomic E-state index is 11.7. The molecule has 0 heterocycles. The maximum Gasteiger partial charge on any atom is 0.310 e. The minimum Gasteiger partial charge on any atom is -0.481 e. The highest BCUT2D eigenvalue weighted by atomic mass is 79.9. The fraction of sp³-hybridized carbons (Fsp3) is 0.667. The second kappa shape index (κ2) is 6.19. The van der Waals surface area contributed by atoms with Gasteiger partial charge in [0.2, 0.25) is 5.91 Å². The van der Waals surface area contributed by atoms with Gasteiger partial charge in [0.1, 0.15) is 0 Å². The largest absolute Gasteiger partial charge is 0.481 e. The lowest BCUT2D eigenvalue weighted by Gasteiger charge is -2.32. The molecular formula is C12H18BrNO3. The Bertz CT molecular complexity index is 322. The predicted molar refractivity (Wildman–Crippen MR) is 68.8 cm³/mol. The van der Waals surface area contributed by atoms with Gasteiger partial charge >= 0.3 is 5.97 Å². The van der Waals surface area contributed by atoms with Crippen molar-refractivity contribution in [3.05, 3.63) is 11.1 Å². The Labute approximate surface area is 110 Å². The smallest absolute Gasteiger partial charge is 0.310 e. The van der Waals surface area contributed by atoms with Crippen LogP contribution in [0.5, 0.6) is 0 Å². The molecule has 2 N–H and O–H groups in total. The fourth-order valence-electron chi connectivity index (χ4n) is 2.26. The number of carboxylic acid groups (broad SMARTS) is 1. The molecule has 0 aromatic carbocycles. The van der Waals surface area contributed by atoms with Gasteiger partial charge in [0.15, 0.2) is 0 Å². The van der Waals surface area contributed by atoms with Crippen molar-refractivity contribution < 1.29 is 14.7 Å². The van der Waals surface area contributed by atoms with Crippen LogP contribution in [-0.2, 0) is 9.59 Å². The van der Waals surface area contributed by atoms with Crippen molar-refractivity contribution in [2.24, 2.45) is 5.41 Å². The molecule has 0 saturated heterocycles. The molecule has 1 aliphatic rings. The molecule has 1 aliphatic carbocycles. The van der Waals surface area contributed by atoms with E-state index in [1.54, 1.807) is 0 Å². The van der Waals surface area contributed by atoms with E-state index in [9.17, 15) is 14.7 Å². The summed E-state index contributed by atoms with van der Waals surface area (Å²) in [5, 5.41) is 12.0. The van der Waals surface area contributed by atoms with Crippen LogP contribution in [0, 0.1) is 5.41 Å². The van der Waals surface area contributed by atoms with E-state index in [4.69, 9.17) is 0 Å². The zero-order valence-electron chi connectivity index (χ0n) is 9.80. The maximum absolute atomic E-state index is 11.7.